The van der Waals surface area contributed by atoms with Crippen molar-refractivity contribution in [3.05, 3.63) is 50.3 Å². The number of carbonyl (C=O) groups excluding carboxylic acids is 2. The monoisotopic (exact) mass is 420 g/mol. The minimum Gasteiger partial charge on any atom is -0.352 e. The topological polar surface area (TPSA) is 58.2 Å². The molecule has 0 aliphatic heterocycles. The first-order chi connectivity index (χ1) is 12.1. The molecule has 2 N–H and O–H groups in total. The Balaban J connectivity index is 1.92. The number of nitrogens with one attached hydrogen (secondary N) is 2. The molecule has 4 nitrogen and oxygen atoms in total. The molecule has 0 spiro atoms. The minimum absolute atomic E-state index is 0.0799. The summed E-state index contributed by atoms with van der Waals surface area (Å²) in [5, 5.41) is 6.60. The summed E-state index contributed by atoms with van der Waals surface area (Å²) < 4.78 is 0.741. The molecule has 25 heavy (non-hydrogen) atoms. The van der Waals surface area contributed by atoms with Gasteiger partial charge in [0.2, 0.25) is 0 Å². The van der Waals surface area contributed by atoms with Gasteiger partial charge in [0.15, 0.2) is 0 Å². The van der Waals surface area contributed by atoms with Gasteiger partial charge < -0.3 is 10.6 Å². The zero-order valence-electron chi connectivity index (χ0n) is 14.2. The lowest BCUT2D eigenvalue weighted by Gasteiger charge is -2.13. The summed E-state index contributed by atoms with van der Waals surface area (Å²) in [6.45, 7) is 2.67. The number of hydrogen-bond donors (Lipinski definition) is 2. The van der Waals surface area contributed by atoms with Gasteiger partial charge in [-0.25, -0.2) is 0 Å². The van der Waals surface area contributed by atoms with Crippen LogP contribution in [0.15, 0.2) is 28.7 Å². The highest BCUT2D eigenvalue weighted by atomic mass is 79.9. The summed E-state index contributed by atoms with van der Waals surface area (Å²) >= 11 is 4.96. The molecule has 2 aromatic rings. The van der Waals surface area contributed by atoms with Crippen LogP contribution >= 0.6 is 27.3 Å². The van der Waals surface area contributed by atoms with Gasteiger partial charge >= 0.3 is 0 Å². The molecule has 0 radical (unpaired) electrons. The molecule has 0 bridgehead atoms. The van der Waals surface area contributed by atoms with Crippen LogP contribution < -0.4 is 10.6 Å². The number of benzene rings is 1. The Morgan fingerprint density at radius 2 is 1.92 bits per heavy atom. The fourth-order valence-electron chi connectivity index (χ4n) is 3.04. The maximum atomic E-state index is 12.7. The molecule has 1 aromatic heterocycles. The molecule has 0 atom stereocenters. The number of fused-ring (bicyclic) bond motifs is 1. The summed E-state index contributed by atoms with van der Waals surface area (Å²) in [5.41, 5.74) is 2.34. The standard InChI is InChI=1S/C19H21BrN2O2S/c1-2-11-21-18(24)16-13-8-4-6-10-15(13)25-19(16)22-17(23)12-7-3-5-9-14(12)20/h3,5,7,9H,2,4,6,8,10-11H2,1H3,(H,21,24)(H,22,23). The molecule has 0 unspecified atom stereocenters. The van der Waals surface area contributed by atoms with Gasteiger partial charge in [-0.1, -0.05) is 19.1 Å². The van der Waals surface area contributed by atoms with Crippen LogP contribution in [0.25, 0.3) is 0 Å². The second-order valence-electron chi connectivity index (χ2n) is 6.10. The predicted molar refractivity (Wildman–Crippen MR) is 106 cm³/mol. The van der Waals surface area contributed by atoms with E-state index in [0.717, 1.165) is 42.1 Å². The number of amides is 2. The second-order valence-corrected chi connectivity index (χ2v) is 8.06. The molecule has 1 aliphatic carbocycles. The van der Waals surface area contributed by atoms with Gasteiger partial charge in [-0.3, -0.25) is 9.59 Å². The van der Waals surface area contributed by atoms with E-state index in [-0.39, 0.29) is 11.8 Å². The number of aryl methyl sites for hydroxylation is 1. The van der Waals surface area contributed by atoms with E-state index in [2.05, 4.69) is 26.6 Å². The lowest BCUT2D eigenvalue weighted by Crippen LogP contribution is -2.26. The fourth-order valence-corrected chi connectivity index (χ4v) is 4.78. The Labute approximate surface area is 160 Å². The van der Waals surface area contributed by atoms with Crippen LogP contribution in [0.5, 0.6) is 0 Å². The Morgan fingerprint density at radius 3 is 2.68 bits per heavy atom. The molecule has 1 aromatic carbocycles. The number of carbonyl (C=O) groups is 2. The lowest BCUT2D eigenvalue weighted by molar-refractivity contribution is 0.0954. The van der Waals surface area contributed by atoms with E-state index in [1.54, 1.807) is 17.4 Å². The third-order valence-electron chi connectivity index (χ3n) is 4.28. The number of halogens is 1. The third kappa shape index (κ3) is 3.96. The number of anilines is 1. The molecular formula is C19H21BrN2O2S. The summed E-state index contributed by atoms with van der Waals surface area (Å²) in [7, 11) is 0. The van der Waals surface area contributed by atoms with E-state index in [0.29, 0.717) is 22.7 Å². The maximum Gasteiger partial charge on any atom is 0.257 e. The second kappa shape index (κ2) is 8.15. The largest absolute Gasteiger partial charge is 0.352 e. The fraction of sp³-hybridized carbons (Fsp3) is 0.368. The number of rotatable bonds is 5. The molecule has 1 aliphatic rings. The van der Waals surface area contributed by atoms with Gasteiger partial charge in [-0.15, -0.1) is 11.3 Å². The Kier molecular flexibility index (Phi) is 5.91. The van der Waals surface area contributed by atoms with Gasteiger partial charge in [-0.05, 0) is 65.7 Å². The molecule has 0 fully saturated rings. The number of hydrogen-bond acceptors (Lipinski definition) is 3. The first-order valence-corrected chi connectivity index (χ1v) is 10.2. The van der Waals surface area contributed by atoms with Crippen LogP contribution in [0, 0.1) is 0 Å². The Morgan fingerprint density at radius 1 is 1.16 bits per heavy atom. The quantitative estimate of drug-likeness (QED) is 0.730. The van der Waals surface area contributed by atoms with E-state index < -0.39 is 0 Å². The summed E-state index contributed by atoms with van der Waals surface area (Å²) in [6.07, 6.45) is 5.01. The van der Waals surface area contributed by atoms with Crippen LogP contribution in [0.1, 0.15) is 57.3 Å². The third-order valence-corrected chi connectivity index (χ3v) is 6.18. The smallest absolute Gasteiger partial charge is 0.257 e. The van der Waals surface area contributed by atoms with Crippen LogP contribution in [0.2, 0.25) is 0 Å². The maximum absolute atomic E-state index is 12.7. The van der Waals surface area contributed by atoms with Gasteiger partial charge in [0.25, 0.3) is 11.8 Å². The summed E-state index contributed by atoms with van der Waals surface area (Å²) in [5.74, 6) is -0.278. The average Bonchev–Trinajstić information content (AvgIpc) is 2.97. The van der Waals surface area contributed by atoms with Crippen molar-refractivity contribution in [3.8, 4) is 0 Å². The first kappa shape index (κ1) is 18.1. The SMILES string of the molecule is CCCNC(=O)c1c(NC(=O)c2ccccc2Br)sc2c1CCCC2. The van der Waals surface area contributed by atoms with Gasteiger partial charge in [0.1, 0.15) is 5.00 Å². The van der Waals surface area contributed by atoms with Crippen LogP contribution in [-0.4, -0.2) is 18.4 Å². The van der Waals surface area contributed by atoms with Crippen molar-refractivity contribution in [2.24, 2.45) is 0 Å². The van der Waals surface area contributed by atoms with E-state index in [4.69, 9.17) is 0 Å². The molecule has 0 saturated carbocycles. The first-order valence-electron chi connectivity index (χ1n) is 8.60. The lowest BCUT2D eigenvalue weighted by atomic mass is 9.95. The minimum atomic E-state index is -0.199. The average molecular weight is 421 g/mol. The van der Waals surface area contributed by atoms with E-state index in [9.17, 15) is 9.59 Å². The zero-order chi connectivity index (χ0) is 17.8. The van der Waals surface area contributed by atoms with E-state index >= 15 is 0 Å². The van der Waals surface area contributed by atoms with Gasteiger partial charge in [-0.2, -0.15) is 0 Å². The Hall–Kier alpha value is -1.66. The molecule has 2 amide bonds. The highest BCUT2D eigenvalue weighted by molar-refractivity contribution is 9.10. The summed E-state index contributed by atoms with van der Waals surface area (Å²) in [4.78, 5) is 26.6. The van der Waals surface area contributed by atoms with Crippen molar-refractivity contribution in [1.82, 2.24) is 5.32 Å². The molecule has 132 valence electrons. The predicted octanol–water partition coefficient (Wildman–Crippen LogP) is 4.78. The van der Waals surface area contributed by atoms with Crippen molar-refractivity contribution < 1.29 is 9.59 Å². The van der Waals surface area contributed by atoms with Crippen molar-refractivity contribution in [1.29, 1.82) is 0 Å². The van der Waals surface area contributed by atoms with Crippen molar-refractivity contribution >= 4 is 44.1 Å². The van der Waals surface area contributed by atoms with Crippen LogP contribution in [0.3, 0.4) is 0 Å². The molecule has 6 heteroatoms. The molecule has 0 saturated heterocycles. The highest BCUT2D eigenvalue weighted by Gasteiger charge is 2.26. The van der Waals surface area contributed by atoms with Crippen LogP contribution in [-0.2, 0) is 12.8 Å². The van der Waals surface area contributed by atoms with Crippen molar-refractivity contribution in [2.75, 3.05) is 11.9 Å². The van der Waals surface area contributed by atoms with E-state index in [1.165, 1.54) is 4.88 Å². The van der Waals surface area contributed by atoms with E-state index in [1.807, 2.05) is 25.1 Å². The van der Waals surface area contributed by atoms with Crippen molar-refractivity contribution in [2.45, 2.75) is 39.0 Å². The Bertz CT molecular complexity index is 801. The van der Waals surface area contributed by atoms with Gasteiger partial charge in [0.05, 0.1) is 11.1 Å². The molecule has 1 heterocycles. The van der Waals surface area contributed by atoms with Crippen LogP contribution in [0.4, 0.5) is 5.00 Å². The van der Waals surface area contributed by atoms with Crippen molar-refractivity contribution in [3.63, 3.8) is 0 Å². The normalized spacial score (nSPS) is 13.2. The summed E-state index contributed by atoms with van der Waals surface area (Å²) in [6, 6.07) is 7.30. The highest BCUT2D eigenvalue weighted by Crippen LogP contribution is 2.38. The molecule has 3 rings (SSSR count). The van der Waals surface area contributed by atoms with Gasteiger partial charge in [0, 0.05) is 15.9 Å². The zero-order valence-corrected chi connectivity index (χ0v) is 16.6. The molecular weight excluding hydrogens is 400 g/mol. The number of thiophene rings is 1.